The van der Waals surface area contributed by atoms with Crippen molar-refractivity contribution in [2.75, 3.05) is 11.5 Å². The molecule has 0 bridgehead atoms. The summed E-state index contributed by atoms with van der Waals surface area (Å²) >= 11 is 0. The lowest BCUT2D eigenvalue weighted by Crippen LogP contribution is -2.33. The molecule has 1 aliphatic rings. The predicted molar refractivity (Wildman–Crippen MR) is 103 cm³/mol. The van der Waals surface area contributed by atoms with E-state index in [1.807, 2.05) is 6.92 Å². The second-order valence-electron chi connectivity index (χ2n) is 6.49. The van der Waals surface area contributed by atoms with E-state index in [1.54, 1.807) is 30.0 Å². The molecule has 0 N–H and O–H groups in total. The fourth-order valence-corrected chi connectivity index (χ4v) is 4.33. The van der Waals surface area contributed by atoms with E-state index < -0.39 is 16.1 Å². The Balaban J connectivity index is 1.93. The van der Waals surface area contributed by atoms with E-state index in [-0.39, 0.29) is 34.8 Å². The van der Waals surface area contributed by atoms with E-state index in [4.69, 9.17) is 8.92 Å². The maximum atomic E-state index is 12.8. The van der Waals surface area contributed by atoms with Crippen LogP contribution in [0.5, 0.6) is 5.75 Å². The monoisotopic (exact) mass is 403 g/mol. The van der Waals surface area contributed by atoms with Crippen molar-refractivity contribution in [3.05, 3.63) is 53.6 Å². The molecule has 1 amide bonds. The summed E-state index contributed by atoms with van der Waals surface area (Å²) < 4.78 is 35.7. The highest BCUT2D eigenvalue weighted by Gasteiger charge is 2.31. The number of ether oxygens (including phenoxy) is 1. The summed E-state index contributed by atoms with van der Waals surface area (Å²) in [6.07, 6.45) is 0.553. The highest BCUT2D eigenvalue weighted by Crippen LogP contribution is 2.34. The van der Waals surface area contributed by atoms with E-state index in [0.29, 0.717) is 12.1 Å². The van der Waals surface area contributed by atoms with Gasteiger partial charge < -0.3 is 13.8 Å². The molecule has 0 aromatic heterocycles. The summed E-state index contributed by atoms with van der Waals surface area (Å²) in [5.74, 6) is -0.852. The van der Waals surface area contributed by atoms with Gasteiger partial charge in [0.25, 0.3) is 0 Å². The zero-order valence-electron chi connectivity index (χ0n) is 15.8. The molecule has 1 unspecified atom stereocenters. The number of esters is 1. The Bertz CT molecular complexity index is 1030. The summed E-state index contributed by atoms with van der Waals surface area (Å²) in [6.45, 7) is 5.21. The van der Waals surface area contributed by atoms with Crippen molar-refractivity contribution >= 4 is 27.7 Å². The minimum Gasteiger partial charge on any atom is -0.462 e. The molecule has 2 aromatic rings. The molecule has 0 fully saturated rings. The fraction of sp³-hybridized carbons (Fsp3) is 0.300. The van der Waals surface area contributed by atoms with Crippen molar-refractivity contribution in [3.63, 3.8) is 0 Å². The number of hydrogen-bond acceptors (Lipinski definition) is 6. The first kappa shape index (κ1) is 19.9. The van der Waals surface area contributed by atoms with Crippen LogP contribution >= 0.6 is 0 Å². The quantitative estimate of drug-likeness (QED) is 0.563. The predicted octanol–water partition coefficient (Wildman–Crippen LogP) is 2.93. The van der Waals surface area contributed by atoms with Gasteiger partial charge in [0, 0.05) is 18.7 Å². The highest BCUT2D eigenvalue weighted by molar-refractivity contribution is 7.87. The van der Waals surface area contributed by atoms with Gasteiger partial charge in [-0.1, -0.05) is 12.1 Å². The van der Waals surface area contributed by atoms with Crippen molar-refractivity contribution in [1.82, 2.24) is 0 Å². The molecule has 0 aliphatic carbocycles. The van der Waals surface area contributed by atoms with Crippen LogP contribution in [0, 0.1) is 0 Å². The molecule has 0 saturated carbocycles. The summed E-state index contributed by atoms with van der Waals surface area (Å²) in [4.78, 5) is 25.5. The topological polar surface area (TPSA) is 90.0 Å². The summed E-state index contributed by atoms with van der Waals surface area (Å²) in [7, 11) is -4.17. The lowest BCUT2D eigenvalue weighted by atomic mass is 10.1. The van der Waals surface area contributed by atoms with Gasteiger partial charge in [-0.05, 0) is 56.2 Å². The van der Waals surface area contributed by atoms with E-state index in [0.717, 1.165) is 5.56 Å². The number of fused-ring (bicyclic) bond motifs is 1. The number of carbonyl (C=O) groups excluding carboxylic acids is 2. The molecule has 0 saturated heterocycles. The smallest absolute Gasteiger partial charge is 0.341 e. The maximum Gasteiger partial charge on any atom is 0.341 e. The molecule has 1 aliphatic heterocycles. The van der Waals surface area contributed by atoms with Crippen LogP contribution in [-0.4, -0.2) is 32.9 Å². The van der Waals surface area contributed by atoms with E-state index in [1.165, 1.54) is 31.2 Å². The highest BCUT2D eigenvalue weighted by atomic mass is 32.2. The Morgan fingerprint density at radius 1 is 1.18 bits per heavy atom. The zero-order chi connectivity index (χ0) is 20.5. The van der Waals surface area contributed by atoms with Gasteiger partial charge in [-0.15, -0.1) is 0 Å². The second kappa shape index (κ2) is 7.63. The number of carbonyl (C=O) groups is 2. The van der Waals surface area contributed by atoms with Crippen LogP contribution in [0.15, 0.2) is 47.4 Å². The van der Waals surface area contributed by atoms with Crippen LogP contribution in [0.3, 0.4) is 0 Å². The van der Waals surface area contributed by atoms with Gasteiger partial charge in [-0.25, -0.2) is 4.79 Å². The second-order valence-corrected chi connectivity index (χ2v) is 8.03. The minimum atomic E-state index is -4.17. The van der Waals surface area contributed by atoms with Gasteiger partial charge >= 0.3 is 16.1 Å². The summed E-state index contributed by atoms with van der Waals surface area (Å²) in [5, 5.41) is 0. The first-order valence-corrected chi connectivity index (χ1v) is 10.3. The standard InChI is InChI=1S/C20H21NO6S/c1-4-26-20(23)17-7-5-6-8-19(17)27-28(24,25)16-9-10-18-15(12-16)11-13(2)21(18)14(3)22/h5-10,12-13H,4,11H2,1-3H3. The minimum absolute atomic E-state index is 0.0328. The SMILES string of the molecule is CCOC(=O)c1ccccc1OS(=O)(=O)c1ccc2c(c1)CC(C)N2C(C)=O. The number of amides is 1. The lowest BCUT2D eigenvalue weighted by Gasteiger charge is -2.20. The summed E-state index contributed by atoms with van der Waals surface area (Å²) in [6, 6.07) is 10.5. The Kier molecular flexibility index (Phi) is 5.42. The van der Waals surface area contributed by atoms with Gasteiger partial charge in [0.1, 0.15) is 10.5 Å². The molecule has 3 rings (SSSR count). The van der Waals surface area contributed by atoms with Gasteiger partial charge in [0.15, 0.2) is 5.75 Å². The fourth-order valence-electron chi connectivity index (χ4n) is 3.33. The average molecular weight is 403 g/mol. The molecule has 2 aromatic carbocycles. The first-order chi connectivity index (χ1) is 13.2. The molecular formula is C20H21NO6S. The zero-order valence-corrected chi connectivity index (χ0v) is 16.7. The van der Waals surface area contributed by atoms with Gasteiger partial charge in [0.05, 0.1) is 6.61 Å². The molecule has 0 spiro atoms. The van der Waals surface area contributed by atoms with E-state index in [9.17, 15) is 18.0 Å². The number of nitrogens with zero attached hydrogens (tertiary/aromatic N) is 1. The molecule has 7 nitrogen and oxygen atoms in total. The van der Waals surface area contributed by atoms with Crippen LogP contribution < -0.4 is 9.08 Å². The van der Waals surface area contributed by atoms with Crippen molar-refractivity contribution in [2.45, 2.75) is 38.1 Å². The number of anilines is 1. The molecule has 1 heterocycles. The van der Waals surface area contributed by atoms with Gasteiger partial charge in [0.2, 0.25) is 5.91 Å². The van der Waals surface area contributed by atoms with Crippen LogP contribution in [0.2, 0.25) is 0 Å². The third kappa shape index (κ3) is 3.73. The molecule has 28 heavy (non-hydrogen) atoms. The molecule has 0 radical (unpaired) electrons. The maximum absolute atomic E-state index is 12.8. The molecular weight excluding hydrogens is 382 g/mol. The van der Waals surface area contributed by atoms with E-state index >= 15 is 0 Å². The Morgan fingerprint density at radius 2 is 1.89 bits per heavy atom. The van der Waals surface area contributed by atoms with Crippen molar-refractivity contribution < 1.29 is 26.9 Å². The van der Waals surface area contributed by atoms with Crippen molar-refractivity contribution in [3.8, 4) is 5.75 Å². The largest absolute Gasteiger partial charge is 0.462 e. The Hall–Kier alpha value is -2.87. The van der Waals surface area contributed by atoms with Gasteiger partial charge in [-0.3, -0.25) is 4.79 Å². The normalized spacial score (nSPS) is 15.8. The first-order valence-electron chi connectivity index (χ1n) is 8.88. The number of benzene rings is 2. The third-order valence-electron chi connectivity index (χ3n) is 4.48. The van der Waals surface area contributed by atoms with Crippen LogP contribution in [0.25, 0.3) is 0 Å². The third-order valence-corrected chi connectivity index (χ3v) is 5.71. The van der Waals surface area contributed by atoms with Gasteiger partial charge in [-0.2, -0.15) is 8.42 Å². The Morgan fingerprint density at radius 3 is 2.57 bits per heavy atom. The Labute approximate surface area is 164 Å². The molecule has 1 atom stereocenters. The van der Waals surface area contributed by atoms with Crippen LogP contribution in [0.4, 0.5) is 5.69 Å². The van der Waals surface area contributed by atoms with Crippen LogP contribution in [-0.2, 0) is 26.1 Å². The molecule has 148 valence electrons. The average Bonchev–Trinajstić information content (AvgIpc) is 2.97. The lowest BCUT2D eigenvalue weighted by molar-refractivity contribution is -0.116. The summed E-state index contributed by atoms with van der Waals surface area (Å²) in [5.41, 5.74) is 1.49. The number of hydrogen-bond donors (Lipinski definition) is 0. The van der Waals surface area contributed by atoms with Crippen molar-refractivity contribution in [1.29, 1.82) is 0 Å². The van der Waals surface area contributed by atoms with Crippen LogP contribution in [0.1, 0.15) is 36.7 Å². The molecule has 8 heteroatoms. The van der Waals surface area contributed by atoms with E-state index in [2.05, 4.69) is 0 Å². The number of para-hydroxylation sites is 1. The number of rotatable bonds is 5. The van der Waals surface area contributed by atoms with Crippen molar-refractivity contribution in [2.24, 2.45) is 0 Å².